The van der Waals surface area contributed by atoms with Crippen LogP contribution >= 0.6 is 0 Å². The van der Waals surface area contributed by atoms with Crippen LogP contribution in [0, 0.1) is 0 Å². The summed E-state index contributed by atoms with van der Waals surface area (Å²) in [7, 11) is 0. The molecule has 0 rings (SSSR count). The first-order valence-corrected chi connectivity index (χ1v) is 0.753. The van der Waals surface area contributed by atoms with Crippen molar-refractivity contribution in [1.29, 1.82) is 0 Å². The number of hydrogen-bond acceptors (Lipinski definition) is 1. The van der Waals surface area contributed by atoms with E-state index in [1.807, 2.05) is 0 Å². The largest absolute Gasteiger partial charge is 0 e. The van der Waals surface area contributed by atoms with Gasteiger partial charge in [-0.3, -0.25) is 0 Å². The van der Waals surface area contributed by atoms with Gasteiger partial charge in [-0.05, 0) is 0 Å². The molecule has 0 aliphatic carbocycles. The van der Waals surface area contributed by atoms with Crippen LogP contribution in [0.25, 0.3) is 0 Å². The van der Waals surface area contributed by atoms with Crippen molar-refractivity contribution in [2.75, 3.05) is 0 Å². The summed E-state index contributed by atoms with van der Waals surface area (Å²) >= 11 is 1.06. The molecule has 0 heterocycles. The van der Waals surface area contributed by atoms with Crippen molar-refractivity contribution < 1.29 is 58.6 Å². The van der Waals surface area contributed by atoms with Crippen molar-refractivity contribution in [2.24, 2.45) is 0 Å². The Hall–Kier alpha value is 1.57. The molecule has 0 aromatic carbocycles. The third-order valence-corrected chi connectivity index (χ3v) is 0. The molecule has 0 saturated heterocycles. The van der Waals surface area contributed by atoms with E-state index in [0.717, 1.165) is 17.4 Å². The van der Waals surface area contributed by atoms with Crippen molar-refractivity contribution in [3.63, 3.8) is 0 Å². The molecule has 0 aliphatic rings. The van der Waals surface area contributed by atoms with Gasteiger partial charge in [0.2, 0.25) is 0 Å². The summed E-state index contributed by atoms with van der Waals surface area (Å²) in [5, 5.41) is 0. The van der Waals surface area contributed by atoms with E-state index in [1.54, 1.807) is 0 Å². The Morgan fingerprint density at radius 1 is 1.25 bits per heavy atom. The number of hydrogen-bond donors (Lipinski definition) is 0. The fourth-order valence-electron chi connectivity index (χ4n) is 0. The molecular formula is NiOVW. The molecule has 27 valence electrons. The zero-order valence-electron chi connectivity index (χ0n) is 1.58. The predicted octanol–water partition coefficient (Wildman–Crippen LogP) is -0.126. The Kier molecular flexibility index (Phi) is 104. The second-order valence-electron chi connectivity index (χ2n) is 0. The maximum Gasteiger partial charge on any atom is 0 e. The molecule has 0 aliphatic heterocycles. The number of rotatable bonds is 0. The van der Waals surface area contributed by atoms with Gasteiger partial charge >= 0.3 is 21.0 Å². The van der Waals surface area contributed by atoms with Crippen LogP contribution in [-0.2, 0) is 58.6 Å². The summed E-state index contributed by atoms with van der Waals surface area (Å²) in [6.07, 6.45) is 0. The molecule has 0 amide bonds. The topological polar surface area (TPSA) is 17.1 Å². The van der Waals surface area contributed by atoms with Gasteiger partial charge in [-0.15, -0.1) is 0 Å². The average Bonchev–Trinajstić information content (AvgIpc) is 1.00. The zero-order valence-corrected chi connectivity index (χ0v) is 6.90. The third-order valence-electron chi connectivity index (χ3n) is 0. The van der Waals surface area contributed by atoms with E-state index in [0.29, 0.717) is 0 Å². The molecular weight excluding hydrogens is 309 g/mol. The predicted molar refractivity (Wildman–Crippen MR) is 0.686 cm³/mol. The van der Waals surface area contributed by atoms with Crippen molar-refractivity contribution >= 4 is 0 Å². The summed E-state index contributed by atoms with van der Waals surface area (Å²) in [5.74, 6) is 0. The van der Waals surface area contributed by atoms with Crippen molar-refractivity contribution in [3.05, 3.63) is 0 Å². The van der Waals surface area contributed by atoms with Crippen molar-refractivity contribution in [3.8, 4) is 0 Å². The van der Waals surface area contributed by atoms with Gasteiger partial charge in [0.1, 0.15) is 0 Å². The molecule has 0 spiro atoms. The minimum Gasteiger partial charge on any atom is 0 e. The van der Waals surface area contributed by atoms with Gasteiger partial charge in [0.05, 0.1) is 0 Å². The van der Waals surface area contributed by atoms with Crippen LogP contribution in [0.15, 0.2) is 0 Å². The summed E-state index contributed by atoms with van der Waals surface area (Å²) < 4.78 is 8.19. The van der Waals surface area contributed by atoms with E-state index >= 15 is 0 Å². The fraction of sp³-hybridized carbons (Fsp3) is 0. The average molecular weight is 309 g/mol. The Balaban J connectivity index is -0.00000000500. The van der Waals surface area contributed by atoms with E-state index in [-0.39, 0.29) is 37.6 Å². The smallest absolute Gasteiger partial charge is 0 e. The quantitative estimate of drug-likeness (QED) is 0.570. The first kappa shape index (κ1) is 17.6. The van der Waals surface area contributed by atoms with Crippen LogP contribution in [0.1, 0.15) is 0 Å². The maximum atomic E-state index is 8.19. The van der Waals surface area contributed by atoms with Crippen molar-refractivity contribution in [2.45, 2.75) is 0 Å². The Morgan fingerprint density at radius 3 is 1.25 bits per heavy atom. The van der Waals surface area contributed by atoms with E-state index in [1.165, 1.54) is 0 Å². The second kappa shape index (κ2) is 23.7. The summed E-state index contributed by atoms with van der Waals surface area (Å²) in [6, 6.07) is 0. The summed E-state index contributed by atoms with van der Waals surface area (Å²) in [6.45, 7) is 0. The molecule has 0 unspecified atom stereocenters. The summed E-state index contributed by atoms with van der Waals surface area (Å²) in [4.78, 5) is 0. The Labute approximate surface area is 58.3 Å². The molecule has 4 heteroatoms. The van der Waals surface area contributed by atoms with Gasteiger partial charge in [-0.25, -0.2) is 0 Å². The van der Waals surface area contributed by atoms with E-state index in [2.05, 4.69) is 0 Å². The van der Waals surface area contributed by atoms with Crippen LogP contribution < -0.4 is 0 Å². The molecule has 1 nitrogen and oxygen atoms in total. The maximum absolute atomic E-state index is 8.19. The van der Waals surface area contributed by atoms with Gasteiger partial charge in [0.25, 0.3) is 0 Å². The minimum absolute atomic E-state index is 0. The van der Waals surface area contributed by atoms with Gasteiger partial charge in [0, 0.05) is 37.6 Å². The Morgan fingerprint density at radius 2 is 1.25 bits per heavy atom. The molecule has 0 bridgehead atoms. The molecule has 4 heavy (non-hydrogen) atoms. The monoisotopic (exact) mass is 309 g/mol. The van der Waals surface area contributed by atoms with E-state index in [9.17, 15) is 0 Å². The SMILES string of the molecule is [Ni].[O]=[V].[W]. The van der Waals surface area contributed by atoms with E-state index in [4.69, 9.17) is 3.67 Å². The zero-order chi connectivity index (χ0) is 2.00. The minimum atomic E-state index is 0. The third kappa shape index (κ3) is 9.57. The van der Waals surface area contributed by atoms with Gasteiger partial charge < -0.3 is 0 Å². The molecule has 0 fully saturated rings. The van der Waals surface area contributed by atoms with Crippen LogP contribution in [0.5, 0.6) is 0 Å². The molecule has 0 aromatic rings. The van der Waals surface area contributed by atoms with Gasteiger partial charge in [-0.1, -0.05) is 0 Å². The summed E-state index contributed by atoms with van der Waals surface area (Å²) in [5.41, 5.74) is 0. The van der Waals surface area contributed by atoms with E-state index < -0.39 is 0 Å². The van der Waals surface area contributed by atoms with Crippen LogP contribution in [0.4, 0.5) is 0 Å². The van der Waals surface area contributed by atoms with Gasteiger partial charge in [-0.2, -0.15) is 0 Å². The second-order valence-corrected chi connectivity index (χ2v) is 0. The first-order chi connectivity index (χ1) is 1.00. The Bertz CT molecular complexity index is 8.00. The fourth-order valence-corrected chi connectivity index (χ4v) is 0. The molecule has 0 aromatic heterocycles. The van der Waals surface area contributed by atoms with Crippen molar-refractivity contribution in [1.82, 2.24) is 0 Å². The first-order valence-electron chi connectivity index (χ1n) is 0.183. The van der Waals surface area contributed by atoms with Crippen LogP contribution in [0.2, 0.25) is 0 Å². The standard InChI is InChI=1S/Ni.O.V.W. The molecule has 0 N–H and O–H groups in total. The molecule has 0 atom stereocenters. The normalized spacial score (nSPS) is 0.750. The van der Waals surface area contributed by atoms with Crippen LogP contribution in [0.3, 0.4) is 0 Å². The van der Waals surface area contributed by atoms with Crippen LogP contribution in [-0.4, -0.2) is 0 Å². The molecule has 0 radical (unpaired) electrons. The molecule has 0 saturated carbocycles. The van der Waals surface area contributed by atoms with Gasteiger partial charge in [0.15, 0.2) is 0 Å².